The van der Waals surface area contributed by atoms with E-state index in [1.54, 1.807) is 0 Å². The second-order valence-corrected chi connectivity index (χ2v) is 6.98. The van der Waals surface area contributed by atoms with E-state index in [0.29, 0.717) is 5.41 Å². The number of carbonyl (C=O) groups is 2. The van der Waals surface area contributed by atoms with E-state index in [0.717, 1.165) is 38.5 Å². The summed E-state index contributed by atoms with van der Waals surface area (Å²) in [7, 11) is 1.42. The molecule has 3 rings (SSSR count). The lowest BCUT2D eigenvalue weighted by atomic mass is 9.49. The van der Waals surface area contributed by atoms with Crippen LogP contribution in [-0.2, 0) is 14.3 Å². The van der Waals surface area contributed by atoms with Crippen LogP contribution in [0.1, 0.15) is 64.2 Å². The van der Waals surface area contributed by atoms with Crippen LogP contribution in [0.15, 0.2) is 0 Å². The van der Waals surface area contributed by atoms with Crippen LogP contribution in [0.5, 0.6) is 0 Å². The molecule has 0 heterocycles. The minimum atomic E-state index is -0.770. The molecule has 0 radical (unpaired) electrons. The van der Waals surface area contributed by atoms with E-state index < -0.39 is 5.41 Å². The number of hydrogen-bond donors (Lipinski definition) is 0. The molecule has 0 unspecified atom stereocenters. The Morgan fingerprint density at radius 1 is 1.00 bits per heavy atom. The molecule has 3 nitrogen and oxygen atoms in total. The molecule has 0 atom stereocenters. The average Bonchev–Trinajstić information content (AvgIpc) is 3.05. The maximum Gasteiger partial charge on any atom is 0.319 e. The van der Waals surface area contributed by atoms with E-state index in [-0.39, 0.29) is 17.7 Å². The van der Waals surface area contributed by atoms with E-state index in [1.807, 2.05) is 0 Å². The number of rotatable bonds is 3. The number of carbonyl (C=O) groups excluding carboxylic acids is 2. The van der Waals surface area contributed by atoms with Crippen LogP contribution in [0.25, 0.3) is 0 Å². The molecule has 19 heavy (non-hydrogen) atoms. The molecule has 3 heteroatoms. The maximum atomic E-state index is 12.8. The number of methoxy groups -OCH3 is 1. The number of ether oxygens (including phenoxy) is 1. The summed E-state index contributed by atoms with van der Waals surface area (Å²) in [6, 6.07) is 0. The fraction of sp³-hybridized carbons (Fsp3) is 0.875. The number of Topliss-reactive ketones (excluding diaryl/α,β-unsaturated/α-hetero) is 1. The highest BCUT2D eigenvalue weighted by molar-refractivity contribution is 6.06. The van der Waals surface area contributed by atoms with Gasteiger partial charge in [-0.1, -0.05) is 25.7 Å². The van der Waals surface area contributed by atoms with Crippen molar-refractivity contribution in [2.75, 3.05) is 7.11 Å². The third kappa shape index (κ3) is 1.93. The maximum absolute atomic E-state index is 12.8. The Labute approximate surface area is 115 Å². The van der Waals surface area contributed by atoms with Crippen LogP contribution in [0.2, 0.25) is 0 Å². The van der Waals surface area contributed by atoms with E-state index >= 15 is 0 Å². The van der Waals surface area contributed by atoms with Crippen molar-refractivity contribution in [2.45, 2.75) is 64.2 Å². The zero-order valence-electron chi connectivity index (χ0n) is 11.9. The fourth-order valence-electron chi connectivity index (χ4n) is 4.90. The number of esters is 1. The minimum Gasteiger partial charge on any atom is -0.468 e. The molecule has 3 fully saturated rings. The lowest BCUT2D eigenvalue weighted by Gasteiger charge is -2.52. The predicted molar refractivity (Wildman–Crippen MR) is 71.5 cm³/mol. The van der Waals surface area contributed by atoms with Gasteiger partial charge in [-0.3, -0.25) is 9.59 Å². The van der Waals surface area contributed by atoms with E-state index in [4.69, 9.17) is 4.74 Å². The first-order valence-electron chi connectivity index (χ1n) is 7.75. The summed E-state index contributed by atoms with van der Waals surface area (Å²) >= 11 is 0. The third-order valence-electron chi connectivity index (χ3n) is 5.79. The van der Waals surface area contributed by atoms with Crippen LogP contribution in [-0.4, -0.2) is 18.9 Å². The normalized spacial score (nSPS) is 28.3. The summed E-state index contributed by atoms with van der Waals surface area (Å²) in [4.78, 5) is 25.0. The summed E-state index contributed by atoms with van der Waals surface area (Å²) in [5.41, 5.74) is -0.476. The van der Waals surface area contributed by atoms with Gasteiger partial charge in [-0.2, -0.15) is 0 Å². The van der Waals surface area contributed by atoms with E-state index in [9.17, 15) is 9.59 Å². The van der Waals surface area contributed by atoms with Gasteiger partial charge in [0.25, 0.3) is 0 Å². The van der Waals surface area contributed by atoms with Gasteiger partial charge in [0.1, 0.15) is 5.41 Å². The highest BCUT2D eigenvalue weighted by atomic mass is 16.5. The van der Waals surface area contributed by atoms with Gasteiger partial charge in [-0.05, 0) is 43.9 Å². The van der Waals surface area contributed by atoms with E-state index in [2.05, 4.69) is 0 Å². The number of ketones is 1. The predicted octanol–water partition coefficient (Wildman–Crippen LogP) is 3.26. The molecule has 3 aliphatic rings. The Hall–Kier alpha value is -0.860. The number of hydrogen-bond acceptors (Lipinski definition) is 3. The zero-order chi connectivity index (χ0) is 13.5. The lowest BCUT2D eigenvalue weighted by molar-refractivity contribution is -0.177. The van der Waals surface area contributed by atoms with Crippen molar-refractivity contribution < 1.29 is 14.3 Å². The molecule has 3 aliphatic carbocycles. The van der Waals surface area contributed by atoms with Gasteiger partial charge in [-0.15, -0.1) is 0 Å². The first-order chi connectivity index (χ1) is 9.12. The Balaban J connectivity index is 1.79. The van der Waals surface area contributed by atoms with Crippen LogP contribution in [0.3, 0.4) is 0 Å². The largest absolute Gasteiger partial charge is 0.468 e. The van der Waals surface area contributed by atoms with Gasteiger partial charge in [0.2, 0.25) is 0 Å². The average molecular weight is 264 g/mol. The van der Waals surface area contributed by atoms with Crippen molar-refractivity contribution in [3.05, 3.63) is 0 Å². The van der Waals surface area contributed by atoms with Crippen molar-refractivity contribution in [2.24, 2.45) is 16.7 Å². The quantitative estimate of drug-likeness (QED) is 0.580. The van der Waals surface area contributed by atoms with Crippen LogP contribution < -0.4 is 0 Å². The standard InChI is InChI=1S/C16H24O3/c1-19-14(18)16(13(17)12-6-2-3-7-12)10-15(11-16)8-4-5-9-15/h12H,2-11H2,1H3. The van der Waals surface area contributed by atoms with Gasteiger partial charge in [-0.25, -0.2) is 0 Å². The Kier molecular flexibility index (Phi) is 3.18. The van der Waals surface area contributed by atoms with Crippen LogP contribution in [0, 0.1) is 16.7 Å². The van der Waals surface area contributed by atoms with Crippen LogP contribution in [0.4, 0.5) is 0 Å². The topological polar surface area (TPSA) is 43.4 Å². The molecule has 0 bridgehead atoms. The molecule has 0 aromatic carbocycles. The smallest absolute Gasteiger partial charge is 0.319 e. The second kappa shape index (κ2) is 4.60. The zero-order valence-corrected chi connectivity index (χ0v) is 11.9. The summed E-state index contributed by atoms with van der Waals surface area (Å²) in [6.45, 7) is 0. The van der Waals surface area contributed by atoms with Crippen molar-refractivity contribution in [3.8, 4) is 0 Å². The van der Waals surface area contributed by atoms with Crippen molar-refractivity contribution in [3.63, 3.8) is 0 Å². The Bertz CT molecular complexity index is 379. The summed E-state index contributed by atoms with van der Waals surface area (Å²) < 4.78 is 4.98. The molecule has 0 aromatic rings. The molecule has 106 valence electrons. The highest BCUT2D eigenvalue weighted by Gasteiger charge is 2.64. The van der Waals surface area contributed by atoms with Crippen molar-refractivity contribution >= 4 is 11.8 Å². The first-order valence-corrected chi connectivity index (χ1v) is 7.75. The molecular formula is C16H24O3. The Morgan fingerprint density at radius 3 is 2.11 bits per heavy atom. The summed E-state index contributed by atoms with van der Waals surface area (Å²) in [6.07, 6.45) is 10.7. The molecule has 0 N–H and O–H groups in total. The lowest BCUT2D eigenvalue weighted by Crippen LogP contribution is -2.56. The van der Waals surface area contributed by atoms with Crippen molar-refractivity contribution in [1.29, 1.82) is 0 Å². The molecule has 3 saturated carbocycles. The second-order valence-electron chi connectivity index (χ2n) is 6.98. The molecular weight excluding hydrogens is 240 g/mol. The molecule has 0 aliphatic heterocycles. The highest BCUT2D eigenvalue weighted by Crippen LogP contribution is 2.64. The van der Waals surface area contributed by atoms with Gasteiger partial charge >= 0.3 is 5.97 Å². The van der Waals surface area contributed by atoms with E-state index in [1.165, 1.54) is 32.8 Å². The molecule has 0 aromatic heterocycles. The Morgan fingerprint density at radius 2 is 1.58 bits per heavy atom. The van der Waals surface area contributed by atoms with Crippen molar-refractivity contribution in [1.82, 2.24) is 0 Å². The SMILES string of the molecule is COC(=O)C1(C(=O)C2CCCC2)CC2(CCCC2)C1. The third-order valence-corrected chi connectivity index (χ3v) is 5.79. The molecule has 1 spiro atoms. The summed E-state index contributed by atoms with van der Waals surface area (Å²) in [5.74, 6) is 0.0640. The van der Waals surface area contributed by atoms with Gasteiger partial charge < -0.3 is 4.74 Å². The first kappa shape index (κ1) is 13.1. The van der Waals surface area contributed by atoms with Gasteiger partial charge in [0.05, 0.1) is 7.11 Å². The van der Waals surface area contributed by atoms with Crippen LogP contribution >= 0.6 is 0 Å². The fourth-order valence-corrected chi connectivity index (χ4v) is 4.90. The minimum absolute atomic E-state index is 0.123. The molecule has 0 amide bonds. The molecule has 0 saturated heterocycles. The monoisotopic (exact) mass is 264 g/mol. The van der Waals surface area contributed by atoms with Gasteiger partial charge in [0, 0.05) is 5.92 Å². The summed E-state index contributed by atoms with van der Waals surface area (Å²) in [5, 5.41) is 0. The van der Waals surface area contributed by atoms with Gasteiger partial charge in [0.15, 0.2) is 5.78 Å².